The van der Waals surface area contributed by atoms with E-state index in [0.717, 1.165) is 25.7 Å². The summed E-state index contributed by atoms with van der Waals surface area (Å²) in [6.07, 6.45) is 7.04. The van der Waals surface area contributed by atoms with E-state index in [0.29, 0.717) is 11.8 Å². The third-order valence-corrected chi connectivity index (χ3v) is 16.9. The summed E-state index contributed by atoms with van der Waals surface area (Å²) < 4.78 is 0. The lowest BCUT2D eigenvalue weighted by Gasteiger charge is -2.46. The maximum Gasteiger partial charge on any atom is 0.252 e. The zero-order chi connectivity index (χ0) is 45.8. The van der Waals surface area contributed by atoms with E-state index in [2.05, 4.69) is 201 Å². The zero-order valence-electron chi connectivity index (χ0n) is 40.0. The number of aryl methyl sites for hydroxylation is 2. The van der Waals surface area contributed by atoms with Gasteiger partial charge in [0, 0.05) is 34.1 Å². The fourth-order valence-electron chi connectivity index (χ4n) is 14.3. The van der Waals surface area contributed by atoms with Gasteiger partial charge in [0.2, 0.25) is 0 Å². The van der Waals surface area contributed by atoms with Crippen molar-refractivity contribution in [2.24, 2.45) is 0 Å². The highest BCUT2D eigenvalue weighted by Gasteiger charge is 2.47. The Morgan fingerprint density at radius 3 is 1.07 bits per heavy atom. The number of hydrogen-bond donors (Lipinski definition) is 0. The van der Waals surface area contributed by atoms with E-state index in [9.17, 15) is 0 Å². The first-order chi connectivity index (χ1) is 33.9. The quantitative estimate of drug-likeness (QED) is 0.128. The largest absolute Gasteiger partial charge is 0.311 e. The van der Waals surface area contributed by atoms with E-state index >= 15 is 0 Å². The van der Waals surface area contributed by atoms with Crippen LogP contribution in [0.1, 0.15) is 85.8 Å². The van der Waals surface area contributed by atoms with Gasteiger partial charge in [0.25, 0.3) is 6.71 Å². The number of hydrogen-bond acceptors (Lipinski definition) is 2. The van der Waals surface area contributed by atoms with Crippen LogP contribution < -0.4 is 26.2 Å². The average Bonchev–Trinajstić information content (AvgIpc) is 4.07. The predicted octanol–water partition coefficient (Wildman–Crippen LogP) is 15.9. The highest BCUT2D eigenvalue weighted by atomic mass is 15.2. The minimum atomic E-state index is 0.0935. The Kier molecular flexibility index (Phi) is 8.37. The van der Waals surface area contributed by atoms with Crippen LogP contribution in [0.15, 0.2) is 164 Å². The van der Waals surface area contributed by atoms with Gasteiger partial charge in [0.05, 0.1) is 0 Å². The summed E-state index contributed by atoms with van der Waals surface area (Å²) in [4.78, 5) is 5.45. The predicted molar refractivity (Wildman–Crippen MR) is 298 cm³/mol. The van der Waals surface area contributed by atoms with Crippen molar-refractivity contribution in [2.75, 3.05) is 9.80 Å². The lowest BCUT2D eigenvalue weighted by Crippen LogP contribution is -2.62. The average molecular weight is 885 g/mol. The first-order valence-corrected chi connectivity index (χ1v) is 25.7. The number of fused-ring (bicyclic) bond motifs is 18. The van der Waals surface area contributed by atoms with Crippen LogP contribution in [0.3, 0.4) is 0 Å². The smallest absolute Gasteiger partial charge is 0.252 e. The van der Waals surface area contributed by atoms with E-state index < -0.39 is 0 Å². The molecule has 69 heavy (non-hydrogen) atoms. The van der Waals surface area contributed by atoms with Gasteiger partial charge in [0.15, 0.2) is 0 Å². The van der Waals surface area contributed by atoms with Gasteiger partial charge in [0.1, 0.15) is 0 Å². The molecule has 2 aliphatic carbocycles. The molecule has 2 aliphatic heterocycles. The van der Waals surface area contributed by atoms with Gasteiger partial charge in [-0.1, -0.05) is 155 Å². The van der Waals surface area contributed by atoms with E-state index in [1.54, 1.807) is 33.4 Å². The Morgan fingerprint density at radius 2 is 0.710 bits per heavy atom. The third-order valence-electron chi connectivity index (χ3n) is 16.9. The van der Waals surface area contributed by atoms with Gasteiger partial charge in [-0.25, -0.2) is 0 Å². The Morgan fingerprint density at radius 1 is 0.362 bits per heavy atom. The monoisotopic (exact) mass is 884 g/mol. The topological polar surface area (TPSA) is 6.48 Å². The van der Waals surface area contributed by atoms with Crippen molar-refractivity contribution in [3.05, 3.63) is 197 Å². The van der Waals surface area contributed by atoms with E-state index in [1.807, 2.05) is 0 Å². The van der Waals surface area contributed by atoms with Crippen LogP contribution in [0, 0.1) is 0 Å². The van der Waals surface area contributed by atoms with Crippen molar-refractivity contribution < 1.29 is 0 Å². The summed E-state index contributed by atoms with van der Waals surface area (Å²) in [6, 6.07) is 63.5. The molecule has 3 heteroatoms. The molecule has 0 saturated heterocycles. The molecule has 0 saturated carbocycles. The standard InChI is InChI=1S/C66H53BN2/c1-38(2)62-44-26-13-16-40(44)34-58-65(62)68(42-30-32-54-50-22-7-5-18-46(50)48-20-9-11-24-52(48)56(54)36-42)60-28-15-29-61-64(60)67(58)59-35-41-17-14-27-45(41)63(39(3)4)66(59)69(61)43-31-33-55-51-23-8-6-19-47(51)49-21-10-12-25-53(49)57(55)37-43/h5-12,15,18-25,28-39H,13-14,16-17,26-27H2,1-4H3. The lowest BCUT2D eigenvalue weighted by atomic mass is 9.32. The van der Waals surface area contributed by atoms with Crippen molar-refractivity contribution in [1.82, 2.24) is 0 Å². The number of anilines is 6. The Hall–Kier alpha value is -7.36. The molecule has 0 amide bonds. The normalized spacial score (nSPS) is 14.8. The maximum atomic E-state index is 2.72. The van der Waals surface area contributed by atoms with E-state index in [4.69, 9.17) is 0 Å². The Balaban J connectivity index is 1.07. The molecule has 0 N–H and O–H groups in total. The molecule has 0 unspecified atom stereocenters. The van der Waals surface area contributed by atoms with Crippen LogP contribution >= 0.6 is 0 Å². The van der Waals surface area contributed by atoms with Crippen molar-refractivity contribution in [2.45, 2.75) is 78.1 Å². The second-order valence-corrected chi connectivity index (χ2v) is 21.2. The molecule has 11 aromatic rings. The van der Waals surface area contributed by atoms with Gasteiger partial charge < -0.3 is 9.80 Å². The molecule has 2 nitrogen and oxygen atoms in total. The van der Waals surface area contributed by atoms with Crippen LogP contribution in [-0.2, 0) is 25.7 Å². The molecule has 4 aliphatic rings. The summed E-state index contributed by atoms with van der Waals surface area (Å²) in [5.74, 6) is 0.720. The highest BCUT2D eigenvalue weighted by Crippen LogP contribution is 2.52. The van der Waals surface area contributed by atoms with Gasteiger partial charge in [-0.05, 0) is 201 Å². The molecule has 15 rings (SSSR count). The van der Waals surface area contributed by atoms with Gasteiger partial charge in [-0.15, -0.1) is 0 Å². The van der Waals surface area contributed by atoms with E-state index in [1.165, 1.54) is 128 Å². The molecular formula is C66H53BN2. The summed E-state index contributed by atoms with van der Waals surface area (Å²) in [5, 5.41) is 15.7. The number of rotatable bonds is 4. The highest BCUT2D eigenvalue weighted by molar-refractivity contribution is 7.00. The van der Waals surface area contributed by atoms with Crippen molar-refractivity contribution in [3.63, 3.8) is 0 Å². The minimum Gasteiger partial charge on any atom is -0.311 e. The number of benzene rings is 11. The van der Waals surface area contributed by atoms with E-state index in [-0.39, 0.29) is 6.71 Å². The SMILES string of the molecule is CC(C)c1c2c(cc3c1N(c1ccc4c5ccccc5c5ccccc5c4c1)c1cccc4c1B3c1cc3c(c(C(C)C)c1N4c1ccc4c5ccccc5c5ccccc5c4c1)CCC3)CCC2. The van der Waals surface area contributed by atoms with Gasteiger partial charge in [-0.3, -0.25) is 0 Å². The van der Waals surface area contributed by atoms with Crippen LogP contribution in [0.5, 0.6) is 0 Å². The van der Waals surface area contributed by atoms with Crippen LogP contribution in [0.25, 0.3) is 64.6 Å². The van der Waals surface area contributed by atoms with Crippen molar-refractivity contribution in [1.29, 1.82) is 0 Å². The van der Waals surface area contributed by atoms with Crippen LogP contribution in [0.2, 0.25) is 0 Å². The molecule has 0 radical (unpaired) electrons. The van der Waals surface area contributed by atoms with Crippen molar-refractivity contribution >= 4 is 122 Å². The Bertz CT molecular complexity index is 3740. The molecule has 0 bridgehead atoms. The minimum absolute atomic E-state index is 0.0935. The molecular weight excluding hydrogens is 832 g/mol. The molecule has 2 heterocycles. The second-order valence-electron chi connectivity index (χ2n) is 21.2. The summed E-state index contributed by atoms with van der Waals surface area (Å²) in [5.41, 5.74) is 21.7. The molecule has 0 fully saturated rings. The second kappa shape index (κ2) is 14.6. The van der Waals surface area contributed by atoms with Gasteiger partial charge in [-0.2, -0.15) is 0 Å². The lowest BCUT2D eigenvalue weighted by molar-refractivity contribution is 0.837. The first kappa shape index (κ1) is 39.6. The van der Waals surface area contributed by atoms with Gasteiger partial charge >= 0.3 is 0 Å². The Labute approximate surface area is 404 Å². The molecule has 330 valence electrons. The number of nitrogens with zero attached hydrogens (tertiary/aromatic N) is 2. The maximum absolute atomic E-state index is 2.72. The zero-order valence-corrected chi connectivity index (χ0v) is 40.0. The third kappa shape index (κ3) is 5.39. The molecule has 0 spiro atoms. The van der Waals surface area contributed by atoms with Crippen molar-refractivity contribution in [3.8, 4) is 0 Å². The summed E-state index contributed by atoms with van der Waals surface area (Å²) >= 11 is 0. The summed E-state index contributed by atoms with van der Waals surface area (Å²) in [7, 11) is 0. The molecule has 0 atom stereocenters. The molecule has 0 aromatic heterocycles. The summed E-state index contributed by atoms with van der Waals surface area (Å²) in [6.45, 7) is 9.89. The fraction of sp³-hybridized carbons (Fsp3) is 0.182. The fourth-order valence-corrected chi connectivity index (χ4v) is 14.3. The first-order valence-electron chi connectivity index (χ1n) is 25.7. The van der Waals surface area contributed by atoms with Crippen LogP contribution in [0.4, 0.5) is 34.1 Å². The van der Waals surface area contributed by atoms with Crippen LogP contribution in [-0.4, -0.2) is 6.71 Å². The molecule has 11 aromatic carbocycles.